The summed E-state index contributed by atoms with van der Waals surface area (Å²) in [6, 6.07) is 1.99. The first-order valence-electron chi connectivity index (χ1n) is 1.89. The fourth-order valence-corrected chi connectivity index (χ4v) is 0.977. The first-order valence-corrected chi connectivity index (χ1v) is 2.94. The third kappa shape index (κ3) is 0.875. The monoisotopic (exact) mass is 112 g/mol. The van der Waals surface area contributed by atoms with Crippen LogP contribution in [-0.2, 0) is 0 Å². The molecule has 36 valence electrons. The number of allylic oxidation sites excluding steroid dienone is 1. The van der Waals surface area contributed by atoms with E-state index in [0.29, 0.717) is 5.70 Å². The molecule has 0 aromatic rings. The molecule has 1 heterocycles. The van der Waals surface area contributed by atoms with Crippen LogP contribution in [0.4, 0.5) is 0 Å². The van der Waals surface area contributed by atoms with Gasteiger partial charge in [0.1, 0.15) is 11.8 Å². The van der Waals surface area contributed by atoms with Gasteiger partial charge in [-0.2, -0.15) is 5.26 Å². The van der Waals surface area contributed by atoms with Gasteiger partial charge in [-0.25, -0.2) is 0 Å². The molecule has 1 N–H and O–H groups in total. The van der Waals surface area contributed by atoms with Crippen molar-refractivity contribution in [2.45, 2.75) is 0 Å². The number of hydrogen-bond acceptors (Lipinski definition) is 3. The van der Waals surface area contributed by atoms with Gasteiger partial charge in [-0.05, 0) is 0 Å². The lowest BCUT2D eigenvalue weighted by molar-refractivity contribution is 1.03. The van der Waals surface area contributed by atoms with Crippen molar-refractivity contribution in [3.8, 4) is 6.07 Å². The Kier molecular flexibility index (Phi) is 1.23. The van der Waals surface area contributed by atoms with Gasteiger partial charge in [0.15, 0.2) is 0 Å². The molecular formula is C4H4N2S. The number of nitrogens with one attached hydrogen (secondary N) is 1. The van der Waals surface area contributed by atoms with Gasteiger partial charge in [0.05, 0.1) is 5.88 Å². The van der Waals surface area contributed by atoms with Crippen molar-refractivity contribution in [1.82, 2.24) is 5.32 Å². The van der Waals surface area contributed by atoms with Crippen LogP contribution >= 0.6 is 11.8 Å². The summed E-state index contributed by atoms with van der Waals surface area (Å²) in [5.41, 5.74) is 0.685. The van der Waals surface area contributed by atoms with Crippen LogP contribution in [0.2, 0.25) is 0 Å². The highest BCUT2D eigenvalue weighted by Gasteiger charge is 1.98. The maximum Gasteiger partial charge on any atom is 0.120 e. The topological polar surface area (TPSA) is 35.8 Å². The van der Waals surface area contributed by atoms with Crippen molar-refractivity contribution in [2.75, 3.05) is 5.88 Å². The normalized spacial score (nSPS) is 17.3. The van der Waals surface area contributed by atoms with Crippen LogP contribution in [-0.4, -0.2) is 5.88 Å². The van der Waals surface area contributed by atoms with Crippen LogP contribution in [0.15, 0.2) is 11.1 Å². The highest BCUT2D eigenvalue weighted by Crippen LogP contribution is 2.09. The lowest BCUT2D eigenvalue weighted by atomic mass is 10.6. The number of hydrogen-bond donors (Lipinski definition) is 1. The van der Waals surface area contributed by atoms with E-state index in [1.54, 1.807) is 11.8 Å². The van der Waals surface area contributed by atoms with Gasteiger partial charge in [0, 0.05) is 5.41 Å². The molecule has 0 atom stereocenters. The summed E-state index contributed by atoms with van der Waals surface area (Å²) in [5, 5.41) is 12.9. The second-order valence-corrected chi connectivity index (χ2v) is 1.99. The molecule has 3 heteroatoms. The lowest BCUT2D eigenvalue weighted by Gasteiger charge is -1.84. The molecule has 1 aliphatic rings. The van der Waals surface area contributed by atoms with Crippen LogP contribution in [0.3, 0.4) is 0 Å². The zero-order valence-corrected chi connectivity index (χ0v) is 4.46. The average molecular weight is 112 g/mol. The summed E-state index contributed by atoms with van der Waals surface area (Å²) in [4.78, 5) is 0. The van der Waals surface area contributed by atoms with E-state index < -0.39 is 0 Å². The quantitative estimate of drug-likeness (QED) is 0.499. The molecule has 1 rings (SSSR count). The van der Waals surface area contributed by atoms with E-state index >= 15 is 0 Å². The summed E-state index contributed by atoms with van der Waals surface area (Å²) in [6.45, 7) is 0. The minimum atomic E-state index is 0.685. The molecular weight excluding hydrogens is 108 g/mol. The van der Waals surface area contributed by atoms with E-state index in [2.05, 4.69) is 5.32 Å². The summed E-state index contributed by atoms with van der Waals surface area (Å²) >= 11 is 1.61. The van der Waals surface area contributed by atoms with Crippen molar-refractivity contribution in [2.24, 2.45) is 0 Å². The van der Waals surface area contributed by atoms with Gasteiger partial charge in [-0.3, -0.25) is 0 Å². The number of thioether (sulfide) groups is 1. The van der Waals surface area contributed by atoms with Crippen molar-refractivity contribution < 1.29 is 0 Å². The Hall–Kier alpha value is -0.620. The van der Waals surface area contributed by atoms with Crippen LogP contribution in [0, 0.1) is 11.3 Å². The SMILES string of the molecule is N#CC1=CSCN1. The second kappa shape index (κ2) is 1.90. The Morgan fingerprint density at radius 1 is 2.00 bits per heavy atom. The second-order valence-electron chi connectivity index (χ2n) is 1.13. The van der Waals surface area contributed by atoms with Crippen molar-refractivity contribution in [1.29, 1.82) is 5.26 Å². The standard InChI is InChI=1S/C4H4N2S/c5-1-4-2-7-3-6-4/h2,6H,3H2. The highest BCUT2D eigenvalue weighted by molar-refractivity contribution is 8.02. The smallest absolute Gasteiger partial charge is 0.120 e. The molecule has 0 aliphatic carbocycles. The summed E-state index contributed by atoms with van der Waals surface area (Å²) in [6.07, 6.45) is 0. The largest absolute Gasteiger partial charge is 0.367 e. The molecule has 2 nitrogen and oxygen atoms in total. The highest BCUT2D eigenvalue weighted by atomic mass is 32.2. The average Bonchev–Trinajstić information content (AvgIpc) is 2.14. The maximum absolute atomic E-state index is 8.17. The fraction of sp³-hybridized carbons (Fsp3) is 0.250. The van der Waals surface area contributed by atoms with Crippen LogP contribution in [0.25, 0.3) is 0 Å². The lowest BCUT2D eigenvalue weighted by Crippen LogP contribution is -2.03. The molecule has 0 aromatic carbocycles. The van der Waals surface area contributed by atoms with Crippen LogP contribution < -0.4 is 5.32 Å². The molecule has 0 radical (unpaired) electrons. The number of nitriles is 1. The predicted octanol–water partition coefficient (Wildman–Crippen LogP) is 0.645. The molecule has 0 fully saturated rings. The minimum Gasteiger partial charge on any atom is -0.367 e. The first-order chi connectivity index (χ1) is 3.43. The van der Waals surface area contributed by atoms with E-state index in [9.17, 15) is 0 Å². The molecule has 0 bridgehead atoms. The van der Waals surface area contributed by atoms with Gasteiger partial charge in [-0.1, -0.05) is 0 Å². The Balaban J connectivity index is 2.57. The number of rotatable bonds is 0. The third-order valence-corrected chi connectivity index (χ3v) is 1.38. The molecule has 0 saturated heterocycles. The summed E-state index contributed by atoms with van der Waals surface area (Å²) in [7, 11) is 0. The van der Waals surface area contributed by atoms with Gasteiger partial charge < -0.3 is 5.32 Å². The molecule has 0 aromatic heterocycles. The maximum atomic E-state index is 8.17. The van der Waals surface area contributed by atoms with Gasteiger partial charge >= 0.3 is 0 Å². The van der Waals surface area contributed by atoms with Gasteiger partial charge in [0.2, 0.25) is 0 Å². The van der Waals surface area contributed by atoms with Crippen molar-refractivity contribution in [3.05, 3.63) is 11.1 Å². The van der Waals surface area contributed by atoms with Gasteiger partial charge in [-0.15, -0.1) is 11.8 Å². The van der Waals surface area contributed by atoms with E-state index in [0.717, 1.165) is 5.88 Å². The summed E-state index contributed by atoms with van der Waals surface area (Å²) < 4.78 is 0. The van der Waals surface area contributed by atoms with Gasteiger partial charge in [0.25, 0.3) is 0 Å². The molecule has 0 amide bonds. The van der Waals surface area contributed by atoms with Crippen molar-refractivity contribution in [3.63, 3.8) is 0 Å². The van der Waals surface area contributed by atoms with E-state index in [4.69, 9.17) is 5.26 Å². The first kappa shape index (κ1) is 4.54. The Labute approximate surface area is 46.2 Å². The molecule has 7 heavy (non-hydrogen) atoms. The molecule has 0 spiro atoms. The molecule has 0 saturated carbocycles. The Bertz CT molecular complexity index is 133. The van der Waals surface area contributed by atoms with E-state index in [1.165, 1.54) is 0 Å². The molecule has 0 unspecified atom stereocenters. The fourth-order valence-electron chi connectivity index (χ4n) is 0.352. The summed E-state index contributed by atoms with van der Waals surface area (Å²) in [5.74, 6) is 0.850. The Morgan fingerprint density at radius 2 is 2.86 bits per heavy atom. The van der Waals surface area contributed by atoms with Crippen LogP contribution in [0.1, 0.15) is 0 Å². The van der Waals surface area contributed by atoms with E-state index in [-0.39, 0.29) is 0 Å². The van der Waals surface area contributed by atoms with Crippen LogP contribution in [0.5, 0.6) is 0 Å². The zero-order valence-electron chi connectivity index (χ0n) is 3.64. The van der Waals surface area contributed by atoms with Crippen molar-refractivity contribution >= 4 is 11.8 Å². The number of nitrogens with zero attached hydrogens (tertiary/aromatic N) is 1. The Morgan fingerprint density at radius 3 is 3.14 bits per heavy atom. The third-order valence-electron chi connectivity index (χ3n) is 0.668. The predicted molar refractivity (Wildman–Crippen MR) is 29.3 cm³/mol. The minimum absolute atomic E-state index is 0.685. The van der Waals surface area contributed by atoms with E-state index in [1.807, 2.05) is 11.5 Å². The zero-order chi connectivity index (χ0) is 5.11. The molecule has 1 aliphatic heterocycles.